The number of amides is 2. The molecule has 1 fully saturated rings. The highest BCUT2D eigenvalue weighted by Crippen LogP contribution is 2.32. The van der Waals surface area contributed by atoms with Gasteiger partial charge >= 0.3 is 18.2 Å². The number of nitrogens with zero attached hydrogens (tertiary/aromatic N) is 1. The van der Waals surface area contributed by atoms with E-state index in [1.54, 1.807) is 6.92 Å². The molecule has 132 valence electrons. The van der Waals surface area contributed by atoms with Crippen LogP contribution in [0.2, 0.25) is 0 Å². The van der Waals surface area contributed by atoms with Crippen molar-refractivity contribution in [3.63, 3.8) is 0 Å². The number of nitrogens with one attached hydrogen (secondary N) is 1. The molecule has 24 heavy (non-hydrogen) atoms. The van der Waals surface area contributed by atoms with Gasteiger partial charge in [0.15, 0.2) is 0 Å². The topological polar surface area (TPSA) is 69.6 Å². The maximum absolute atomic E-state index is 13.0. The van der Waals surface area contributed by atoms with Crippen molar-refractivity contribution in [1.82, 2.24) is 10.2 Å². The van der Waals surface area contributed by atoms with Gasteiger partial charge in [0, 0.05) is 19.1 Å². The average Bonchev–Trinajstić information content (AvgIpc) is 2.96. The molecule has 0 bridgehead atoms. The summed E-state index contributed by atoms with van der Waals surface area (Å²) in [5, 5.41) is 11.6. The lowest BCUT2D eigenvalue weighted by atomic mass is 10.0. The maximum Gasteiger partial charge on any atom is 0.416 e. The summed E-state index contributed by atoms with van der Waals surface area (Å²) >= 11 is 0. The lowest BCUT2D eigenvalue weighted by molar-refractivity contribution is -0.141. The first-order chi connectivity index (χ1) is 11.2. The van der Waals surface area contributed by atoms with Gasteiger partial charge in [0.25, 0.3) is 0 Å². The number of halogens is 3. The zero-order chi connectivity index (χ0) is 17.9. The standard InChI is InChI=1S/C16H19F3N2O3/c1-10(8-11-4-2-3-5-13(11)16(17,18)19)20-15(24)21-7-6-12(9-21)14(22)23/h2-5,10,12H,6-9H2,1H3,(H,20,24)(H,22,23). The Morgan fingerprint density at radius 1 is 1.38 bits per heavy atom. The van der Waals surface area contributed by atoms with Gasteiger partial charge in [-0.2, -0.15) is 13.2 Å². The summed E-state index contributed by atoms with van der Waals surface area (Å²) < 4.78 is 38.9. The highest BCUT2D eigenvalue weighted by Gasteiger charge is 2.34. The van der Waals surface area contributed by atoms with Crippen LogP contribution in [0.1, 0.15) is 24.5 Å². The third-order valence-electron chi connectivity index (χ3n) is 4.04. The van der Waals surface area contributed by atoms with E-state index in [0.717, 1.165) is 6.07 Å². The lowest BCUT2D eigenvalue weighted by Crippen LogP contribution is -2.44. The van der Waals surface area contributed by atoms with E-state index in [0.29, 0.717) is 13.0 Å². The number of rotatable bonds is 4. The first-order valence-corrected chi connectivity index (χ1v) is 7.62. The minimum atomic E-state index is -4.44. The number of hydrogen-bond donors (Lipinski definition) is 2. The minimum absolute atomic E-state index is 0.0393. The molecular weight excluding hydrogens is 325 g/mol. The summed E-state index contributed by atoms with van der Waals surface area (Å²) in [6.07, 6.45) is -4.02. The van der Waals surface area contributed by atoms with Gasteiger partial charge < -0.3 is 15.3 Å². The summed E-state index contributed by atoms with van der Waals surface area (Å²) in [4.78, 5) is 24.4. The highest BCUT2D eigenvalue weighted by atomic mass is 19.4. The second-order valence-electron chi connectivity index (χ2n) is 5.98. The number of aliphatic carboxylic acids is 1. The summed E-state index contributed by atoms with van der Waals surface area (Å²) in [6, 6.07) is 4.30. The third kappa shape index (κ3) is 4.39. The molecule has 5 nitrogen and oxygen atoms in total. The van der Waals surface area contributed by atoms with Crippen LogP contribution >= 0.6 is 0 Å². The Bertz CT molecular complexity index is 619. The Morgan fingerprint density at radius 2 is 2.04 bits per heavy atom. The molecule has 0 aromatic heterocycles. The van der Waals surface area contributed by atoms with Crippen LogP contribution in [0.25, 0.3) is 0 Å². The molecule has 1 aromatic rings. The second-order valence-corrected chi connectivity index (χ2v) is 5.98. The van der Waals surface area contributed by atoms with Crippen LogP contribution in [-0.2, 0) is 17.4 Å². The van der Waals surface area contributed by atoms with E-state index in [9.17, 15) is 22.8 Å². The molecule has 8 heteroatoms. The number of carboxylic acids is 1. The molecule has 1 aliphatic rings. The monoisotopic (exact) mass is 344 g/mol. The molecule has 1 aliphatic heterocycles. The van der Waals surface area contributed by atoms with Crippen molar-refractivity contribution in [2.45, 2.75) is 32.0 Å². The summed E-state index contributed by atoms with van der Waals surface area (Å²) in [7, 11) is 0. The molecule has 2 N–H and O–H groups in total. The Morgan fingerprint density at radius 3 is 2.62 bits per heavy atom. The van der Waals surface area contributed by atoms with E-state index >= 15 is 0 Å². The van der Waals surface area contributed by atoms with Crippen molar-refractivity contribution >= 4 is 12.0 Å². The molecule has 2 amide bonds. The predicted molar refractivity (Wildman–Crippen MR) is 80.5 cm³/mol. The van der Waals surface area contributed by atoms with Crippen LogP contribution in [0.5, 0.6) is 0 Å². The van der Waals surface area contributed by atoms with Gasteiger partial charge in [-0.15, -0.1) is 0 Å². The van der Waals surface area contributed by atoms with E-state index in [1.165, 1.54) is 23.1 Å². The van der Waals surface area contributed by atoms with Gasteiger partial charge in [-0.25, -0.2) is 4.79 Å². The van der Waals surface area contributed by atoms with E-state index < -0.39 is 35.7 Å². The SMILES string of the molecule is CC(Cc1ccccc1C(F)(F)F)NC(=O)N1CCC(C(=O)O)C1. The zero-order valence-electron chi connectivity index (χ0n) is 13.1. The van der Waals surface area contributed by atoms with E-state index in [-0.39, 0.29) is 18.5 Å². The number of carboxylic acid groups (broad SMARTS) is 1. The van der Waals surface area contributed by atoms with Gasteiger partial charge in [-0.05, 0) is 31.4 Å². The molecular formula is C16H19F3N2O3. The fourth-order valence-electron chi connectivity index (χ4n) is 2.80. The lowest BCUT2D eigenvalue weighted by Gasteiger charge is -2.22. The van der Waals surface area contributed by atoms with Crippen LogP contribution in [0.3, 0.4) is 0 Å². The molecule has 0 spiro atoms. The maximum atomic E-state index is 13.0. The van der Waals surface area contributed by atoms with Crippen molar-refractivity contribution in [1.29, 1.82) is 0 Å². The quantitative estimate of drug-likeness (QED) is 0.882. The molecule has 0 saturated carbocycles. The summed E-state index contributed by atoms with van der Waals surface area (Å²) in [5.74, 6) is -1.53. The molecule has 2 unspecified atom stereocenters. The second kappa shape index (κ2) is 7.11. The normalized spacial score (nSPS) is 19.2. The van der Waals surface area contributed by atoms with Crippen molar-refractivity contribution in [2.24, 2.45) is 5.92 Å². The average molecular weight is 344 g/mol. The fourth-order valence-corrected chi connectivity index (χ4v) is 2.80. The van der Waals surface area contributed by atoms with Crippen LogP contribution in [0.15, 0.2) is 24.3 Å². The van der Waals surface area contributed by atoms with Gasteiger partial charge in [0.2, 0.25) is 0 Å². The number of hydrogen-bond acceptors (Lipinski definition) is 2. The van der Waals surface area contributed by atoms with Gasteiger partial charge in [0.1, 0.15) is 0 Å². The number of carbonyl (C=O) groups is 2. The number of alkyl halides is 3. The summed E-state index contributed by atoms with van der Waals surface area (Å²) in [5.41, 5.74) is -0.596. The minimum Gasteiger partial charge on any atom is -0.481 e. The molecule has 2 rings (SSSR count). The predicted octanol–water partition coefficient (Wildman–Crippen LogP) is 2.75. The zero-order valence-corrected chi connectivity index (χ0v) is 13.1. The number of benzene rings is 1. The molecule has 1 saturated heterocycles. The van der Waals surface area contributed by atoms with Crippen molar-refractivity contribution in [2.75, 3.05) is 13.1 Å². The molecule has 0 aliphatic carbocycles. The molecule has 1 heterocycles. The van der Waals surface area contributed by atoms with Crippen LogP contribution in [0.4, 0.5) is 18.0 Å². The van der Waals surface area contributed by atoms with Gasteiger partial charge in [0.05, 0.1) is 11.5 Å². The summed E-state index contributed by atoms with van der Waals surface area (Å²) in [6.45, 7) is 2.07. The Kier molecular flexibility index (Phi) is 5.36. The number of urea groups is 1. The van der Waals surface area contributed by atoms with Crippen LogP contribution in [0, 0.1) is 5.92 Å². The van der Waals surface area contributed by atoms with E-state index in [1.807, 2.05) is 0 Å². The molecule has 0 radical (unpaired) electrons. The number of likely N-dealkylation sites (tertiary alicyclic amines) is 1. The fraction of sp³-hybridized carbons (Fsp3) is 0.500. The largest absolute Gasteiger partial charge is 0.481 e. The van der Waals surface area contributed by atoms with Crippen LogP contribution in [-0.4, -0.2) is 41.1 Å². The van der Waals surface area contributed by atoms with Gasteiger partial charge in [-0.1, -0.05) is 18.2 Å². The Hall–Kier alpha value is -2.25. The van der Waals surface area contributed by atoms with Gasteiger partial charge in [-0.3, -0.25) is 4.79 Å². The van der Waals surface area contributed by atoms with Crippen LogP contribution < -0.4 is 5.32 Å². The first-order valence-electron chi connectivity index (χ1n) is 7.62. The van der Waals surface area contributed by atoms with E-state index in [4.69, 9.17) is 5.11 Å². The smallest absolute Gasteiger partial charge is 0.416 e. The molecule has 1 aromatic carbocycles. The van der Waals surface area contributed by atoms with E-state index in [2.05, 4.69) is 5.32 Å². The first kappa shape index (κ1) is 18.1. The van der Waals surface area contributed by atoms with Crippen molar-refractivity contribution in [3.05, 3.63) is 35.4 Å². The van der Waals surface area contributed by atoms with Crippen molar-refractivity contribution < 1.29 is 27.9 Å². The van der Waals surface area contributed by atoms with Crippen molar-refractivity contribution in [3.8, 4) is 0 Å². The highest BCUT2D eigenvalue weighted by molar-refractivity contribution is 5.77. The molecule has 2 atom stereocenters. The number of carbonyl (C=O) groups excluding carboxylic acids is 1. The Balaban J connectivity index is 1.96. The Labute approximate surface area is 137 Å². The third-order valence-corrected chi connectivity index (χ3v) is 4.04.